The van der Waals surface area contributed by atoms with E-state index in [1.807, 2.05) is 0 Å². The number of allylic oxidation sites excluding steroid dienone is 2. The van der Waals surface area contributed by atoms with Gasteiger partial charge in [0.05, 0.1) is 33.0 Å². The van der Waals surface area contributed by atoms with Crippen LogP contribution in [0.5, 0.6) is 5.75 Å². The van der Waals surface area contributed by atoms with E-state index in [9.17, 15) is 78.1 Å². The molecule has 1 aromatic carbocycles. The highest BCUT2D eigenvalue weighted by Gasteiger charge is 2.57. The predicted octanol–water partition coefficient (Wildman–Crippen LogP) is -3.75. The summed E-state index contributed by atoms with van der Waals surface area (Å²) in [5.41, 5.74) is 0.522. The zero-order valence-electron chi connectivity index (χ0n) is 45.2. The Morgan fingerprint density at radius 2 is 1.12 bits per heavy atom. The van der Waals surface area contributed by atoms with Crippen molar-refractivity contribution in [2.45, 2.75) is 209 Å². The molecule has 0 bridgehead atoms. The minimum absolute atomic E-state index is 0.214. The zero-order chi connectivity index (χ0) is 59.0. The first-order chi connectivity index (χ1) is 37.9. The van der Waals surface area contributed by atoms with Crippen molar-refractivity contribution in [3.8, 4) is 5.75 Å². The molecule has 0 aliphatic carbocycles. The van der Waals surface area contributed by atoms with Crippen LogP contribution in [-0.2, 0) is 73.5 Å². The molecule has 0 radical (unpaired) electrons. The largest absolute Gasteiger partial charge is 0.494 e. The van der Waals surface area contributed by atoms with E-state index >= 15 is 0 Å². The van der Waals surface area contributed by atoms with Gasteiger partial charge < -0.3 is 105 Å². The molecule has 29 nitrogen and oxygen atoms in total. The summed E-state index contributed by atoms with van der Waals surface area (Å²) < 4.78 is 84.6. The Kier molecular flexibility index (Phi) is 26.3. The molecule has 456 valence electrons. The lowest BCUT2D eigenvalue weighted by atomic mass is 9.92. The number of rotatable bonds is 28. The number of aliphatic hydroxyl groups excluding tert-OH is 9. The minimum atomic E-state index is -5.17. The van der Waals surface area contributed by atoms with E-state index in [0.29, 0.717) is 17.9 Å². The molecule has 4 heterocycles. The summed E-state index contributed by atoms with van der Waals surface area (Å²) >= 11 is 0. The second kappa shape index (κ2) is 31.5. The number of carbonyl (C=O) groups excluding carboxylic acids is 4. The van der Waals surface area contributed by atoms with Crippen LogP contribution in [0.15, 0.2) is 36.4 Å². The number of hydrogen-bond donors (Lipinski definition) is 13. The van der Waals surface area contributed by atoms with Gasteiger partial charge in [0.1, 0.15) is 103 Å². The van der Waals surface area contributed by atoms with E-state index in [0.717, 1.165) is 51.4 Å². The van der Waals surface area contributed by atoms with E-state index in [1.54, 1.807) is 24.3 Å². The van der Waals surface area contributed by atoms with Gasteiger partial charge >= 0.3 is 10.4 Å². The topological polar surface area (TPSA) is 427 Å². The van der Waals surface area contributed by atoms with Crippen molar-refractivity contribution in [2.24, 2.45) is 0 Å². The van der Waals surface area contributed by atoms with E-state index in [4.69, 9.17) is 37.9 Å². The van der Waals surface area contributed by atoms with Gasteiger partial charge in [-0.3, -0.25) is 23.7 Å². The lowest BCUT2D eigenvalue weighted by Crippen LogP contribution is -2.71. The maximum Gasteiger partial charge on any atom is 0.397 e. The Labute approximate surface area is 463 Å². The van der Waals surface area contributed by atoms with Crippen LogP contribution in [0.25, 0.3) is 0 Å². The van der Waals surface area contributed by atoms with Crippen LogP contribution in [0.2, 0.25) is 0 Å². The summed E-state index contributed by atoms with van der Waals surface area (Å²) in [4.78, 5) is 52.2. The van der Waals surface area contributed by atoms with Crippen molar-refractivity contribution in [3.63, 3.8) is 0 Å². The Morgan fingerprint density at radius 1 is 0.625 bits per heavy atom. The van der Waals surface area contributed by atoms with Gasteiger partial charge in [-0.25, -0.2) is 4.18 Å². The first-order valence-electron chi connectivity index (χ1n) is 26.5. The van der Waals surface area contributed by atoms with E-state index < -0.39 is 183 Å². The highest BCUT2D eigenvalue weighted by atomic mass is 32.3. The maximum atomic E-state index is 13.6. The number of ether oxygens (including phenoxy) is 8. The fourth-order valence-corrected chi connectivity index (χ4v) is 10.2. The lowest BCUT2D eigenvalue weighted by Gasteiger charge is -2.51. The average Bonchev–Trinajstić information content (AvgIpc) is 3.57. The summed E-state index contributed by atoms with van der Waals surface area (Å²) in [7, 11) is -5.17. The molecule has 4 aliphatic heterocycles. The molecular weight excluding hydrogens is 1090 g/mol. The summed E-state index contributed by atoms with van der Waals surface area (Å²) in [5.74, 6) is -2.56. The van der Waals surface area contributed by atoms with Crippen molar-refractivity contribution in [1.29, 1.82) is 0 Å². The number of nitrogens with one attached hydrogen (secondary N) is 3. The Hall–Kier alpha value is -4.13. The minimum Gasteiger partial charge on any atom is -0.494 e. The van der Waals surface area contributed by atoms with E-state index in [1.165, 1.54) is 26.2 Å². The van der Waals surface area contributed by atoms with Crippen molar-refractivity contribution < 1.29 is 120 Å². The van der Waals surface area contributed by atoms with Crippen molar-refractivity contribution in [1.82, 2.24) is 20.9 Å². The third-order valence-electron chi connectivity index (χ3n) is 13.8. The fraction of sp³-hybridized carbons (Fsp3) is 0.760. The molecule has 4 fully saturated rings. The third-order valence-corrected chi connectivity index (χ3v) is 14.2. The number of nitrogens with zero attached hydrogens (tertiary/aromatic N) is 1. The molecule has 0 aromatic heterocycles. The van der Waals surface area contributed by atoms with Gasteiger partial charge in [0.15, 0.2) is 25.2 Å². The fourth-order valence-electron chi connectivity index (χ4n) is 9.91. The smallest absolute Gasteiger partial charge is 0.397 e. The SMILES string of the molecule is CCCCCC/C=C\CCCOc1cccc(CN(C(C)=O)C2[C@H](O[C@H]3C(O)C(NC(C)=O)[C@H](O[C@@H]4C(CO)O[C@@H](O[C@H]5C(O)C(NC(C)=O)[C@H](O)O[C@H]5COS(=O)(=O)O)C(NC(C)=O)[C@H]4O)O[C@H]3CO)OC(CO)[C@@H](O)[C@@H]2O)c1. The molecule has 4 aliphatic rings. The number of unbranched alkanes of at least 4 members (excludes halogenated alkanes) is 5. The van der Waals surface area contributed by atoms with Crippen LogP contribution in [0.4, 0.5) is 0 Å². The quantitative estimate of drug-likeness (QED) is 0.0218. The molecule has 4 saturated heterocycles. The predicted molar refractivity (Wildman–Crippen MR) is 272 cm³/mol. The van der Waals surface area contributed by atoms with Gasteiger partial charge in [-0.05, 0) is 43.4 Å². The van der Waals surface area contributed by atoms with Crippen LogP contribution < -0.4 is 20.7 Å². The number of carbonyl (C=O) groups is 4. The lowest BCUT2D eigenvalue weighted by molar-refractivity contribution is -0.364. The molecule has 20 atom stereocenters. The van der Waals surface area contributed by atoms with Crippen molar-refractivity contribution in [2.75, 3.05) is 33.0 Å². The van der Waals surface area contributed by atoms with Gasteiger partial charge in [0.2, 0.25) is 23.6 Å². The molecule has 5 rings (SSSR count). The number of hydrogen-bond acceptors (Lipinski definition) is 24. The van der Waals surface area contributed by atoms with Gasteiger partial charge in [0.25, 0.3) is 0 Å². The van der Waals surface area contributed by atoms with Crippen LogP contribution in [0.3, 0.4) is 0 Å². The number of amides is 4. The van der Waals surface area contributed by atoms with Crippen LogP contribution in [0.1, 0.15) is 85.1 Å². The Morgan fingerprint density at radius 3 is 1.64 bits per heavy atom. The summed E-state index contributed by atoms with van der Waals surface area (Å²) in [6.07, 6.45) is -17.9. The molecule has 13 N–H and O–H groups in total. The average molecular weight is 1170 g/mol. The van der Waals surface area contributed by atoms with Crippen molar-refractivity contribution >= 4 is 34.0 Å². The molecular formula is C50H80N4O25S. The normalized spacial score (nSPS) is 34.8. The second-order valence-corrected chi connectivity index (χ2v) is 21.1. The first-order valence-corrected chi connectivity index (χ1v) is 27.9. The van der Waals surface area contributed by atoms with E-state index in [2.05, 4.69) is 39.2 Å². The highest BCUT2D eigenvalue weighted by molar-refractivity contribution is 7.80. The highest BCUT2D eigenvalue weighted by Crippen LogP contribution is 2.36. The molecule has 0 saturated carbocycles. The third kappa shape index (κ3) is 18.4. The van der Waals surface area contributed by atoms with E-state index in [-0.39, 0.29) is 6.54 Å². The molecule has 30 heteroatoms. The van der Waals surface area contributed by atoms with Gasteiger partial charge in [-0.2, -0.15) is 8.42 Å². The molecule has 8 unspecified atom stereocenters. The maximum absolute atomic E-state index is 13.6. The van der Waals surface area contributed by atoms with Gasteiger partial charge in [-0.15, -0.1) is 0 Å². The zero-order valence-corrected chi connectivity index (χ0v) is 46.0. The summed E-state index contributed by atoms with van der Waals surface area (Å²) in [5, 5.41) is 108. The monoisotopic (exact) mass is 1170 g/mol. The van der Waals surface area contributed by atoms with Gasteiger partial charge in [0, 0.05) is 34.2 Å². The molecule has 0 spiro atoms. The number of aliphatic hydroxyl groups is 9. The van der Waals surface area contributed by atoms with Crippen LogP contribution in [0, 0.1) is 0 Å². The molecule has 4 amide bonds. The summed E-state index contributed by atoms with van der Waals surface area (Å²) in [6, 6.07) is 0.0924. The summed E-state index contributed by atoms with van der Waals surface area (Å²) in [6.45, 7) is 2.65. The molecule has 80 heavy (non-hydrogen) atoms. The Bertz CT molecular complexity index is 2270. The standard InChI is InChI=1S/C50H80N4O25S/c1-6-7-8-9-10-11-12-13-14-18-71-30-17-15-16-29(19-30)20-54(28(5)61)38-43(66)39(62)31(21-55)74-50(38)79-45-33(23-57)76-48(37(42(45)65)53-27(4)60)77-44-32(22-56)75-49(36(41(44)64)52-26(3)59)78-46-34(24-72-80(68,69)70)73-47(67)35(40(46)63)51-25(2)58/h11-12,15-17,19,31-50,55-57,62-67H,6-10,13-14,18,20-24H2,1-5H3,(H,51,58)(H,52,59)(H,53,60)(H,68,69,70)/b12-11-/t31?,32?,33-,34-,35?,36?,37?,38?,39+,40?,41+,42?,43+,44+,45+,46+,47+,48-,49-,50-/m0/s1. The van der Waals surface area contributed by atoms with Gasteiger partial charge in [-0.1, -0.05) is 50.5 Å². The van der Waals surface area contributed by atoms with Crippen LogP contribution >= 0.6 is 0 Å². The van der Waals surface area contributed by atoms with Crippen LogP contribution in [-0.4, -0.2) is 243 Å². The van der Waals surface area contributed by atoms with Crippen molar-refractivity contribution in [3.05, 3.63) is 42.0 Å². The Balaban J connectivity index is 1.38. The number of benzene rings is 1. The second-order valence-electron chi connectivity index (χ2n) is 20.0. The first kappa shape index (κ1) is 66.7. The molecule has 1 aromatic rings.